The van der Waals surface area contributed by atoms with E-state index in [0.29, 0.717) is 17.2 Å². The van der Waals surface area contributed by atoms with Crippen LogP contribution in [-0.4, -0.2) is 63.5 Å². The van der Waals surface area contributed by atoms with E-state index in [0.717, 1.165) is 38.4 Å². The topological polar surface area (TPSA) is 94.9 Å². The van der Waals surface area contributed by atoms with Crippen molar-refractivity contribution >= 4 is 22.9 Å². The number of rotatable bonds is 8. The molecule has 0 saturated carbocycles. The molecule has 9 heteroatoms. The molecule has 0 spiro atoms. The summed E-state index contributed by atoms with van der Waals surface area (Å²) in [4.78, 5) is 27.6. The number of aromatic nitrogens is 2. The Balaban J connectivity index is 1.70. The first-order chi connectivity index (χ1) is 15.0. The molecule has 2 aromatic heterocycles. The van der Waals surface area contributed by atoms with E-state index < -0.39 is 11.2 Å². The van der Waals surface area contributed by atoms with Gasteiger partial charge in [0.2, 0.25) is 0 Å². The van der Waals surface area contributed by atoms with Crippen molar-refractivity contribution in [3.05, 3.63) is 40.9 Å². The van der Waals surface area contributed by atoms with Crippen molar-refractivity contribution in [2.75, 3.05) is 48.4 Å². The van der Waals surface area contributed by atoms with Crippen LogP contribution in [0, 0.1) is 0 Å². The van der Waals surface area contributed by atoms with Crippen molar-refractivity contribution < 1.29 is 9.94 Å². The second kappa shape index (κ2) is 9.48. The highest BCUT2D eigenvalue weighted by Crippen LogP contribution is 2.26. The first-order valence-electron chi connectivity index (χ1n) is 11.1. The molecule has 0 radical (unpaired) electrons. The maximum atomic E-state index is 12.6. The molecule has 1 saturated heterocycles. The van der Waals surface area contributed by atoms with Crippen LogP contribution in [0.5, 0.6) is 0 Å². The zero-order chi connectivity index (χ0) is 23.5. The highest BCUT2D eigenvalue weighted by Gasteiger charge is 2.37. The number of hydrogen-bond acceptors (Lipinski definition) is 8. The van der Waals surface area contributed by atoms with Crippen molar-refractivity contribution in [1.29, 1.82) is 0 Å². The highest BCUT2D eigenvalue weighted by atomic mass is 16.7. The Morgan fingerprint density at radius 2 is 1.84 bits per heavy atom. The highest BCUT2D eigenvalue weighted by molar-refractivity contribution is 5.62. The molecule has 1 aliphatic rings. The van der Waals surface area contributed by atoms with Gasteiger partial charge in [-0.3, -0.25) is 15.1 Å². The second-order valence-corrected chi connectivity index (χ2v) is 9.28. The lowest BCUT2D eigenvalue weighted by Gasteiger charge is -2.36. The quantitative estimate of drug-likeness (QED) is 0.535. The minimum absolute atomic E-state index is 0.182. The number of likely N-dealkylation sites (N-methyl/N-ethyl adjacent to an activating group) is 1. The summed E-state index contributed by atoms with van der Waals surface area (Å²) in [6.45, 7) is 14.3. The van der Waals surface area contributed by atoms with Crippen molar-refractivity contribution in [3.63, 3.8) is 0 Å². The predicted molar refractivity (Wildman–Crippen MR) is 129 cm³/mol. The van der Waals surface area contributed by atoms with Crippen LogP contribution in [0.3, 0.4) is 0 Å². The standard InChI is InChI=1S/C23H36N6O3/c1-7-28-10-12-29(13-11-28)18-8-9-20(24-15-18)25-19-14-17(16-27(6)21(19)30)26-32-23(4,5)22(2,3)31/h8-9,14-16,26,31H,7,10-13H2,1-6H3,(H,24,25). The Morgan fingerprint density at radius 3 is 2.41 bits per heavy atom. The van der Waals surface area contributed by atoms with Gasteiger partial charge < -0.3 is 24.8 Å². The molecule has 3 rings (SSSR count). The van der Waals surface area contributed by atoms with Crippen LogP contribution >= 0.6 is 0 Å². The van der Waals surface area contributed by atoms with Gasteiger partial charge in [-0.2, -0.15) is 0 Å². The van der Waals surface area contributed by atoms with E-state index in [1.54, 1.807) is 47.0 Å². The van der Waals surface area contributed by atoms with Crippen molar-refractivity contribution in [2.24, 2.45) is 7.05 Å². The molecule has 1 aliphatic heterocycles. The molecular formula is C23H36N6O3. The van der Waals surface area contributed by atoms with Crippen molar-refractivity contribution in [1.82, 2.24) is 14.5 Å². The summed E-state index contributed by atoms with van der Waals surface area (Å²) < 4.78 is 1.46. The normalized spacial score (nSPS) is 15.7. The van der Waals surface area contributed by atoms with E-state index in [9.17, 15) is 9.90 Å². The van der Waals surface area contributed by atoms with Gasteiger partial charge >= 0.3 is 0 Å². The summed E-state index contributed by atoms with van der Waals surface area (Å²) in [5.74, 6) is 0.591. The molecule has 176 valence electrons. The third-order valence-corrected chi connectivity index (χ3v) is 6.28. The van der Waals surface area contributed by atoms with E-state index in [-0.39, 0.29) is 5.56 Å². The van der Waals surface area contributed by atoms with Gasteiger partial charge in [-0.25, -0.2) is 4.98 Å². The zero-order valence-electron chi connectivity index (χ0n) is 20.0. The fourth-order valence-electron chi connectivity index (χ4n) is 3.28. The summed E-state index contributed by atoms with van der Waals surface area (Å²) in [7, 11) is 1.67. The Bertz CT molecular complexity index is 957. The van der Waals surface area contributed by atoms with Crippen molar-refractivity contribution in [2.45, 2.75) is 45.8 Å². The number of aliphatic hydroxyl groups is 1. The van der Waals surface area contributed by atoms with Crippen LogP contribution in [0.4, 0.5) is 22.9 Å². The molecule has 1 fully saturated rings. The monoisotopic (exact) mass is 444 g/mol. The van der Waals surface area contributed by atoms with Crippen LogP contribution in [0.15, 0.2) is 35.4 Å². The fourth-order valence-corrected chi connectivity index (χ4v) is 3.28. The van der Waals surface area contributed by atoms with Crippen molar-refractivity contribution in [3.8, 4) is 0 Å². The van der Waals surface area contributed by atoms with Crippen LogP contribution in [0.1, 0.15) is 34.6 Å². The van der Waals surface area contributed by atoms with Gasteiger partial charge in [-0.1, -0.05) is 6.92 Å². The molecule has 9 nitrogen and oxygen atoms in total. The molecular weight excluding hydrogens is 408 g/mol. The summed E-state index contributed by atoms with van der Waals surface area (Å²) >= 11 is 0. The number of piperazine rings is 1. The van der Waals surface area contributed by atoms with Crippen LogP contribution < -0.4 is 21.3 Å². The first-order valence-corrected chi connectivity index (χ1v) is 11.1. The van der Waals surface area contributed by atoms with Crippen LogP contribution in [0.25, 0.3) is 0 Å². The summed E-state index contributed by atoms with van der Waals surface area (Å²) in [6.07, 6.45) is 3.48. The molecule has 0 amide bonds. The number of nitrogens with zero attached hydrogens (tertiary/aromatic N) is 4. The number of anilines is 4. The smallest absolute Gasteiger partial charge is 0.274 e. The molecule has 0 bridgehead atoms. The third kappa shape index (κ3) is 5.59. The number of nitrogens with one attached hydrogen (secondary N) is 2. The second-order valence-electron chi connectivity index (χ2n) is 9.28. The van der Waals surface area contributed by atoms with Gasteiger partial charge in [0.05, 0.1) is 23.2 Å². The Morgan fingerprint density at radius 1 is 1.16 bits per heavy atom. The van der Waals surface area contributed by atoms with E-state index in [1.807, 2.05) is 18.3 Å². The molecule has 32 heavy (non-hydrogen) atoms. The molecule has 0 atom stereocenters. The summed E-state index contributed by atoms with van der Waals surface area (Å²) in [5.41, 5.74) is 2.80. The maximum Gasteiger partial charge on any atom is 0.274 e. The van der Waals surface area contributed by atoms with Gasteiger partial charge in [0.1, 0.15) is 17.1 Å². The lowest BCUT2D eigenvalue weighted by molar-refractivity contribution is -0.130. The zero-order valence-corrected chi connectivity index (χ0v) is 20.0. The Kier molecular flexibility index (Phi) is 7.12. The van der Waals surface area contributed by atoms with E-state index in [2.05, 4.69) is 32.5 Å². The van der Waals surface area contributed by atoms with Gasteiger partial charge in [0, 0.05) is 39.4 Å². The Labute approximate surface area is 190 Å². The van der Waals surface area contributed by atoms with Gasteiger partial charge in [0.15, 0.2) is 0 Å². The Hall–Kier alpha value is -2.62. The SMILES string of the molecule is CCN1CCN(c2ccc(Nc3cc(NOC(C)(C)C(C)(C)O)cn(C)c3=O)nc2)CC1. The van der Waals surface area contributed by atoms with Crippen LogP contribution in [-0.2, 0) is 11.9 Å². The van der Waals surface area contributed by atoms with E-state index in [1.165, 1.54) is 4.57 Å². The molecule has 3 N–H and O–H groups in total. The van der Waals surface area contributed by atoms with E-state index >= 15 is 0 Å². The maximum absolute atomic E-state index is 12.6. The minimum Gasteiger partial charge on any atom is -0.387 e. The molecule has 0 aliphatic carbocycles. The van der Waals surface area contributed by atoms with Gasteiger partial charge in [-0.15, -0.1) is 0 Å². The number of aryl methyl sites for hydroxylation is 1. The molecule has 0 unspecified atom stereocenters. The number of hydrogen-bond donors (Lipinski definition) is 3. The summed E-state index contributed by atoms with van der Waals surface area (Å²) in [6, 6.07) is 5.58. The summed E-state index contributed by atoms with van der Waals surface area (Å²) in [5, 5.41) is 13.4. The average Bonchev–Trinajstić information content (AvgIpc) is 2.75. The first kappa shape index (κ1) is 24.0. The predicted octanol–water partition coefficient (Wildman–Crippen LogP) is 2.56. The van der Waals surface area contributed by atoms with Crippen LogP contribution in [0.2, 0.25) is 0 Å². The average molecular weight is 445 g/mol. The van der Waals surface area contributed by atoms with Gasteiger partial charge in [-0.05, 0) is 52.4 Å². The van der Waals surface area contributed by atoms with E-state index in [4.69, 9.17) is 4.84 Å². The number of pyridine rings is 2. The third-order valence-electron chi connectivity index (χ3n) is 6.28. The largest absolute Gasteiger partial charge is 0.387 e. The lowest BCUT2D eigenvalue weighted by Crippen LogP contribution is -2.48. The van der Waals surface area contributed by atoms with Gasteiger partial charge in [0.25, 0.3) is 5.56 Å². The minimum atomic E-state index is -1.06. The molecule has 0 aromatic carbocycles. The lowest BCUT2D eigenvalue weighted by atomic mass is 9.90. The molecule has 3 heterocycles. The molecule has 2 aromatic rings. The fraction of sp³-hybridized carbons (Fsp3) is 0.565.